The summed E-state index contributed by atoms with van der Waals surface area (Å²) in [5, 5.41) is 2.91. The van der Waals surface area contributed by atoms with Crippen molar-refractivity contribution in [2.75, 3.05) is 38.2 Å². The quantitative estimate of drug-likeness (QED) is 0.874. The summed E-state index contributed by atoms with van der Waals surface area (Å²) < 4.78 is 11.0. The fourth-order valence-corrected chi connectivity index (χ4v) is 2.35. The maximum Gasteiger partial charge on any atom is 0.238 e. The third-order valence-electron chi connectivity index (χ3n) is 3.26. The number of fused-ring (bicyclic) bond motifs is 1. The molecule has 1 amide bonds. The molecular weight excluding hydrogens is 268 g/mol. The van der Waals surface area contributed by atoms with Gasteiger partial charge >= 0.3 is 0 Å². The normalized spacial score (nSPS) is 13.6. The predicted octanol–water partition coefficient (Wildman–Crippen LogP) is 2.37. The van der Waals surface area contributed by atoms with Gasteiger partial charge in [0, 0.05) is 18.3 Å². The Morgan fingerprint density at radius 2 is 2.00 bits per heavy atom. The lowest BCUT2D eigenvalue weighted by atomic mass is 10.2. The van der Waals surface area contributed by atoms with Gasteiger partial charge in [0.1, 0.15) is 13.2 Å². The van der Waals surface area contributed by atoms with Gasteiger partial charge in [0.15, 0.2) is 11.5 Å². The highest BCUT2D eigenvalue weighted by Gasteiger charge is 2.14. The van der Waals surface area contributed by atoms with E-state index in [0.29, 0.717) is 31.4 Å². The van der Waals surface area contributed by atoms with Crippen molar-refractivity contribution in [1.82, 2.24) is 4.90 Å². The average molecular weight is 292 g/mol. The minimum Gasteiger partial charge on any atom is -0.486 e. The first-order chi connectivity index (χ1) is 10.1. The maximum absolute atomic E-state index is 12.1. The molecule has 0 aliphatic carbocycles. The molecule has 1 heterocycles. The molecule has 0 aromatic heterocycles. The molecule has 0 spiro atoms. The summed E-state index contributed by atoms with van der Waals surface area (Å²) in [4.78, 5) is 14.2. The smallest absolute Gasteiger partial charge is 0.238 e. The molecule has 5 nitrogen and oxygen atoms in total. The second-order valence-electron chi connectivity index (χ2n) is 5.63. The van der Waals surface area contributed by atoms with E-state index < -0.39 is 0 Å². The predicted molar refractivity (Wildman–Crippen MR) is 83.0 cm³/mol. The number of likely N-dealkylation sites (N-methyl/N-ethyl adjacent to an activating group) is 1. The molecule has 1 N–H and O–H groups in total. The van der Waals surface area contributed by atoms with Gasteiger partial charge in [-0.3, -0.25) is 9.69 Å². The van der Waals surface area contributed by atoms with Crippen molar-refractivity contribution in [2.45, 2.75) is 20.8 Å². The number of rotatable bonds is 6. The topological polar surface area (TPSA) is 50.8 Å². The van der Waals surface area contributed by atoms with E-state index in [1.807, 2.05) is 18.2 Å². The zero-order valence-electron chi connectivity index (χ0n) is 13.0. The van der Waals surface area contributed by atoms with Crippen molar-refractivity contribution in [1.29, 1.82) is 0 Å². The molecule has 1 aromatic rings. The summed E-state index contributed by atoms with van der Waals surface area (Å²) in [7, 11) is 0. The minimum atomic E-state index is -0.00539. The molecular formula is C16H24N2O3. The van der Waals surface area contributed by atoms with E-state index in [1.165, 1.54) is 0 Å². The van der Waals surface area contributed by atoms with Crippen molar-refractivity contribution in [3.8, 4) is 11.5 Å². The van der Waals surface area contributed by atoms with Gasteiger partial charge in [0.05, 0.1) is 6.54 Å². The molecule has 0 radical (unpaired) electrons. The summed E-state index contributed by atoms with van der Waals surface area (Å²) in [6.45, 7) is 9.69. The van der Waals surface area contributed by atoms with Crippen molar-refractivity contribution >= 4 is 11.6 Å². The van der Waals surface area contributed by atoms with Crippen LogP contribution >= 0.6 is 0 Å². The van der Waals surface area contributed by atoms with Crippen LogP contribution in [0.3, 0.4) is 0 Å². The standard InChI is InChI=1S/C16H24N2O3/c1-4-18(10-12(2)3)11-16(19)17-13-5-6-14-15(9-13)21-8-7-20-14/h5-6,9,12H,4,7-8,10-11H2,1-3H3,(H,17,19). The van der Waals surface area contributed by atoms with E-state index >= 15 is 0 Å². The van der Waals surface area contributed by atoms with Gasteiger partial charge in [0.25, 0.3) is 0 Å². The van der Waals surface area contributed by atoms with Crippen LogP contribution in [0.15, 0.2) is 18.2 Å². The molecule has 1 aliphatic heterocycles. The number of nitrogens with zero attached hydrogens (tertiary/aromatic N) is 1. The fraction of sp³-hybridized carbons (Fsp3) is 0.562. The Bertz CT molecular complexity index is 488. The highest BCUT2D eigenvalue weighted by atomic mass is 16.6. The molecule has 0 atom stereocenters. The first-order valence-corrected chi connectivity index (χ1v) is 7.50. The van der Waals surface area contributed by atoms with Gasteiger partial charge in [-0.05, 0) is 24.6 Å². The molecule has 2 rings (SSSR count). The van der Waals surface area contributed by atoms with Crippen molar-refractivity contribution < 1.29 is 14.3 Å². The van der Waals surface area contributed by atoms with E-state index in [9.17, 15) is 4.79 Å². The SMILES string of the molecule is CCN(CC(=O)Nc1ccc2c(c1)OCCO2)CC(C)C. The molecule has 116 valence electrons. The second-order valence-corrected chi connectivity index (χ2v) is 5.63. The van der Waals surface area contributed by atoms with Crippen molar-refractivity contribution in [2.24, 2.45) is 5.92 Å². The number of hydrogen-bond donors (Lipinski definition) is 1. The minimum absolute atomic E-state index is 0.00539. The number of carbonyl (C=O) groups excluding carboxylic acids is 1. The van der Waals surface area contributed by atoms with Crippen LogP contribution in [0, 0.1) is 5.92 Å². The average Bonchev–Trinajstić information content (AvgIpc) is 2.45. The van der Waals surface area contributed by atoms with Crippen molar-refractivity contribution in [3.63, 3.8) is 0 Å². The van der Waals surface area contributed by atoms with Gasteiger partial charge in [-0.1, -0.05) is 20.8 Å². The van der Waals surface area contributed by atoms with Gasteiger partial charge in [-0.2, -0.15) is 0 Å². The lowest BCUT2D eigenvalue weighted by Gasteiger charge is -2.22. The monoisotopic (exact) mass is 292 g/mol. The van der Waals surface area contributed by atoms with Crippen LogP contribution in [0.5, 0.6) is 11.5 Å². The molecule has 21 heavy (non-hydrogen) atoms. The van der Waals surface area contributed by atoms with E-state index in [1.54, 1.807) is 0 Å². The first kappa shape index (κ1) is 15.6. The number of hydrogen-bond acceptors (Lipinski definition) is 4. The van der Waals surface area contributed by atoms with Crippen LogP contribution in [0.1, 0.15) is 20.8 Å². The van der Waals surface area contributed by atoms with Crippen LogP contribution < -0.4 is 14.8 Å². The number of anilines is 1. The van der Waals surface area contributed by atoms with E-state index in [0.717, 1.165) is 24.5 Å². The fourth-order valence-electron chi connectivity index (χ4n) is 2.35. The second kappa shape index (κ2) is 7.31. The summed E-state index contributed by atoms with van der Waals surface area (Å²) in [6.07, 6.45) is 0. The molecule has 0 unspecified atom stereocenters. The Labute approximate surface area is 126 Å². The Morgan fingerprint density at radius 1 is 1.29 bits per heavy atom. The van der Waals surface area contributed by atoms with Crippen LogP contribution in [0.4, 0.5) is 5.69 Å². The molecule has 0 saturated carbocycles. The summed E-state index contributed by atoms with van der Waals surface area (Å²) in [5.74, 6) is 1.96. The first-order valence-electron chi connectivity index (χ1n) is 7.50. The third kappa shape index (κ3) is 4.63. The largest absolute Gasteiger partial charge is 0.486 e. The van der Waals surface area contributed by atoms with Crippen LogP contribution in [0.25, 0.3) is 0 Å². The lowest BCUT2D eigenvalue weighted by molar-refractivity contribution is -0.117. The summed E-state index contributed by atoms with van der Waals surface area (Å²) >= 11 is 0. The van der Waals surface area contributed by atoms with E-state index in [-0.39, 0.29) is 5.91 Å². The molecule has 0 fully saturated rings. The van der Waals surface area contributed by atoms with E-state index in [2.05, 4.69) is 31.0 Å². The maximum atomic E-state index is 12.1. The highest BCUT2D eigenvalue weighted by Crippen LogP contribution is 2.32. The molecule has 1 aromatic carbocycles. The van der Waals surface area contributed by atoms with Crippen LogP contribution in [-0.4, -0.2) is 43.7 Å². The molecule has 0 bridgehead atoms. The Hall–Kier alpha value is -1.75. The summed E-state index contributed by atoms with van der Waals surface area (Å²) in [5.41, 5.74) is 0.741. The van der Waals surface area contributed by atoms with Crippen LogP contribution in [0.2, 0.25) is 0 Å². The zero-order valence-corrected chi connectivity index (χ0v) is 13.0. The Morgan fingerprint density at radius 3 is 2.67 bits per heavy atom. The van der Waals surface area contributed by atoms with Gasteiger partial charge in [0.2, 0.25) is 5.91 Å². The van der Waals surface area contributed by atoms with Gasteiger partial charge in [-0.25, -0.2) is 0 Å². The number of nitrogens with one attached hydrogen (secondary N) is 1. The zero-order chi connectivity index (χ0) is 15.2. The van der Waals surface area contributed by atoms with Crippen LogP contribution in [-0.2, 0) is 4.79 Å². The number of amides is 1. The Balaban J connectivity index is 1.93. The molecule has 1 aliphatic rings. The van der Waals surface area contributed by atoms with Crippen molar-refractivity contribution in [3.05, 3.63) is 18.2 Å². The highest BCUT2D eigenvalue weighted by molar-refractivity contribution is 5.92. The molecule has 5 heteroatoms. The number of benzene rings is 1. The number of ether oxygens (including phenoxy) is 2. The van der Waals surface area contributed by atoms with E-state index in [4.69, 9.17) is 9.47 Å². The lowest BCUT2D eigenvalue weighted by Crippen LogP contribution is -2.35. The number of carbonyl (C=O) groups is 1. The third-order valence-corrected chi connectivity index (χ3v) is 3.26. The van der Waals surface area contributed by atoms with Gasteiger partial charge < -0.3 is 14.8 Å². The van der Waals surface area contributed by atoms with Gasteiger partial charge in [-0.15, -0.1) is 0 Å². The molecule has 0 saturated heterocycles. The Kier molecular flexibility index (Phi) is 5.44. The summed E-state index contributed by atoms with van der Waals surface area (Å²) in [6, 6.07) is 5.48.